The molecule has 0 amide bonds. The van der Waals surface area contributed by atoms with Crippen molar-refractivity contribution < 1.29 is 9.66 Å². The lowest BCUT2D eigenvalue weighted by Gasteiger charge is -2.13. The first kappa shape index (κ1) is 14.8. The Morgan fingerprint density at radius 2 is 2.05 bits per heavy atom. The van der Waals surface area contributed by atoms with Crippen LogP contribution in [0, 0.1) is 24.0 Å². The molecular formula is C15H17N3O3. The van der Waals surface area contributed by atoms with E-state index in [1.807, 2.05) is 32.0 Å². The normalized spacial score (nSPS) is 10.2. The molecule has 0 bridgehead atoms. The molecule has 0 aliphatic rings. The number of hydrogen-bond donors (Lipinski definition) is 2. The van der Waals surface area contributed by atoms with Crippen LogP contribution in [0.4, 0.5) is 11.4 Å². The van der Waals surface area contributed by atoms with Gasteiger partial charge in [0.15, 0.2) is 0 Å². The van der Waals surface area contributed by atoms with Gasteiger partial charge in [0.1, 0.15) is 18.0 Å². The fourth-order valence-corrected chi connectivity index (χ4v) is 2.04. The molecule has 110 valence electrons. The predicted molar refractivity (Wildman–Crippen MR) is 81.2 cm³/mol. The SMILES string of the molecule is Cc1ccc(C)c(OCc2cccc([N+](=O)[O-])c2NN)c1. The third kappa shape index (κ3) is 3.29. The fourth-order valence-electron chi connectivity index (χ4n) is 2.04. The zero-order valence-corrected chi connectivity index (χ0v) is 11.9. The average Bonchev–Trinajstić information content (AvgIpc) is 2.47. The van der Waals surface area contributed by atoms with Crippen molar-refractivity contribution in [1.82, 2.24) is 0 Å². The number of nitro groups is 1. The summed E-state index contributed by atoms with van der Waals surface area (Å²) < 4.78 is 5.76. The predicted octanol–water partition coefficient (Wildman–Crippen LogP) is 3.08. The van der Waals surface area contributed by atoms with Crippen molar-refractivity contribution in [3.8, 4) is 5.75 Å². The molecule has 0 fully saturated rings. The topological polar surface area (TPSA) is 90.4 Å². The minimum atomic E-state index is -0.476. The number of anilines is 1. The smallest absolute Gasteiger partial charge is 0.294 e. The molecule has 0 spiro atoms. The van der Waals surface area contributed by atoms with E-state index in [-0.39, 0.29) is 18.0 Å². The monoisotopic (exact) mass is 287 g/mol. The zero-order chi connectivity index (χ0) is 15.4. The summed E-state index contributed by atoms with van der Waals surface area (Å²) in [5, 5.41) is 11.0. The molecule has 21 heavy (non-hydrogen) atoms. The van der Waals surface area contributed by atoms with Gasteiger partial charge in [-0.05, 0) is 31.0 Å². The molecule has 0 radical (unpaired) electrons. The molecule has 3 N–H and O–H groups in total. The van der Waals surface area contributed by atoms with Crippen LogP contribution in [0.25, 0.3) is 0 Å². The highest BCUT2D eigenvalue weighted by molar-refractivity contribution is 5.65. The van der Waals surface area contributed by atoms with Crippen LogP contribution in [-0.2, 0) is 6.61 Å². The summed E-state index contributed by atoms with van der Waals surface area (Å²) >= 11 is 0. The number of nitrogens with one attached hydrogen (secondary N) is 1. The minimum Gasteiger partial charge on any atom is -0.489 e. The molecule has 0 saturated carbocycles. The van der Waals surface area contributed by atoms with Gasteiger partial charge in [-0.25, -0.2) is 0 Å². The lowest BCUT2D eigenvalue weighted by atomic mass is 10.1. The fraction of sp³-hybridized carbons (Fsp3) is 0.200. The number of benzene rings is 2. The lowest BCUT2D eigenvalue weighted by Crippen LogP contribution is -2.12. The lowest BCUT2D eigenvalue weighted by molar-refractivity contribution is -0.384. The van der Waals surface area contributed by atoms with Crippen LogP contribution in [0.15, 0.2) is 36.4 Å². The van der Waals surface area contributed by atoms with E-state index in [9.17, 15) is 10.1 Å². The standard InChI is InChI=1S/C15H17N3O3/c1-10-6-7-11(2)14(8-10)21-9-12-4-3-5-13(18(19)20)15(12)17-16/h3-8,17H,9,16H2,1-2H3. The summed E-state index contributed by atoms with van der Waals surface area (Å²) in [6.45, 7) is 4.13. The van der Waals surface area contributed by atoms with Gasteiger partial charge >= 0.3 is 0 Å². The summed E-state index contributed by atoms with van der Waals surface area (Å²) in [5.74, 6) is 6.16. The van der Waals surface area contributed by atoms with Crippen LogP contribution < -0.4 is 16.0 Å². The Bertz CT molecular complexity index is 671. The molecule has 0 heterocycles. The van der Waals surface area contributed by atoms with Crippen LogP contribution >= 0.6 is 0 Å². The molecule has 0 aromatic heterocycles. The van der Waals surface area contributed by atoms with Gasteiger partial charge in [0.25, 0.3) is 5.69 Å². The first-order chi connectivity index (χ1) is 10.0. The van der Waals surface area contributed by atoms with E-state index in [1.165, 1.54) is 6.07 Å². The molecule has 0 saturated heterocycles. The molecule has 0 aliphatic carbocycles. The third-order valence-electron chi connectivity index (χ3n) is 3.20. The first-order valence-electron chi connectivity index (χ1n) is 6.46. The molecule has 6 nitrogen and oxygen atoms in total. The van der Waals surface area contributed by atoms with Crippen LogP contribution in [0.3, 0.4) is 0 Å². The highest BCUT2D eigenvalue weighted by Gasteiger charge is 2.16. The average molecular weight is 287 g/mol. The van der Waals surface area contributed by atoms with Crippen molar-refractivity contribution in [2.24, 2.45) is 5.84 Å². The van der Waals surface area contributed by atoms with Crippen molar-refractivity contribution in [3.05, 3.63) is 63.2 Å². The maximum absolute atomic E-state index is 11.0. The van der Waals surface area contributed by atoms with Gasteiger partial charge in [0.05, 0.1) is 4.92 Å². The summed E-state index contributed by atoms with van der Waals surface area (Å²) in [5.41, 5.74) is 5.32. The van der Waals surface area contributed by atoms with Crippen molar-refractivity contribution in [2.45, 2.75) is 20.5 Å². The summed E-state index contributed by atoms with van der Waals surface area (Å²) in [7, 11) is 0. The molecule has 2 aromatic carbocycles. The number of nitrogens with zero attached hydrogens (tertiary/aromatic N) is 1. The number of ether oxygens (including phenoxy) is 1. The number of nitro benzene ring substituents is 1. The second kappa shape index (κ2) is 6.23. The van der Waals surface area contributed by atoms with E-state index in [0.717, 1.165) is 16.9 Å². The van der Waals surface area contributed by atoms with Gasteiger partial charge in [-0.15, -0.1) is 0 Å². The highest BCUT2D eigenvalue weighted by atomic mass is 16.6. The Hall–Kier alpha value is -2.60. The maximum atomic E-state index is 11.0. The van der Waals surface area contributed by atoms with Gasteiger partial charge in [0.2, 0.25) is 0 Å². The van der Waals surface area contributed by atoms with E-state index in [0.29, 0.717) is 5.56 Å². The van der Waals surface area contributed by atoms with Gasteiger partial charge in [0, 0.05) is 11.6 Å². The number of hydrogen-bond acceptors (Lipinski definition) is 5. The van der Waals surface area contributed by atoms with Crippen LogP contribution in [0.5, 0.6) is 5.75 Å². The molecular weight excluding hydrogens is 270 g/mol. The molecule has 6 heteroatoms. The maximum Gasteiger partial charge on any atom is 0.294 e. The largest absolute Gasteiger partial charge is 0.489 e. The Morgan fingerprint density at radius 3 is 2.71 bits per heavy atom. The van der Waals surface area contributed by atoms with Crippen molar-refractivity contribution in [1.29, 1.82) is 0 Å². The summed E-state index contributed by atoms with van der Waals surface area (Å²) in [6.07, 6.45) is 0. The quantitative estimate of drug-likeness (QED) is 0.501. The van der Waals surface area contributed by atoms with Crippen LogP contribution in [0.2, 0.25) is 0 Å². The Kier molecular flexibility index (Phi) is 4.39. The van der Waals surface area contributed by atoms with E-state index >= 15 is 0 Å². The van der Waals surface area contributed by atoms with Crippen molar-refractivity contribution in [2.75, 3.05) is 5.43 Å². The number of rotatable bonds is 5. The highest BCUT2D eigenvalue weighted by Crippen LogP contribution is 2.29. The van der Waals surface area contributed by atoms with Gasteiger partial charge < -0.3 is 10.2 Å². The van der Waals surface area contributed by atoms with E-state index in [1.54, 1.807) is 12.1 Å². The molecule has 0 unspecified atom stereocenters. The Morgan fingerprint density at radius 1 is 1.29 bits per heavy atom. The Balaban J connectivity index is 2.26. The molecule has 0 atom stereocenters. The minimum absolute atomic E-state index is 0.0698. The van der Waals surface area contributed by atoms with Crippen molar-refractivity contribution in [3.63, 3.8) is 0 Å². The number of para-hydroxylation sites is 1. The van der Waals surface area contributed by atoms with Crippen molar-refractivity contribution >= 4 is 11.4 Å². The summed E-state index contributed by atoms with van der Waals surface area (Å²) in [6, 6.07) is 10.7. The summed E-state index contributed by atoms with van der Waals surface area (Å²) in [4.78, 5) is 10.5. The first-order valence-corrected chi connectivity index (χ1v) is 6.46. The third-order valence-corrected chi connectivity index (χ3v) is 3.20. The number of hydrazine groups is 1. The number of aryl methyl sites for hydroxylation is 2. The molecule has 0 aliphatic heterocycles. The van der Waals surface area contributed by atoms with E-state index in [2.05, 4.69) is 5.43 Å². The second-order valence-electron chi connectivity index (χ2n) is 4.77. The van der Waals surface area contributed by atoms with E-state index in [4.69, 9.17) is 10.6 Å². The molecule has 2 aromatic rings. The zero-order valence-electron chi connectivity index (χ0n) is 11.9. The number of nitrogen functional groups attached to an aromatic ring is 1. The Labute approximate surface area is 122 Å². The van der Waals surface area contributed by atoms with E-state index < -0.39 is 4.92 Å². The molecule has 2 rings (SSSR count). The van der Waals surface area contributed by atoms with Crippen LogP contribution in [0.1, 0.15) is 16.7 Å². The second-order valence-corrected chi connectivity index (χ2v) is 4.77. The van der Waals surface area contributed by atoms with Gasteiger partial charge in [-0.1, -0.05) is 24.3 Å². The van der Waals surface area contributed by atoms with Gasteiger partial charge in [-0.3, -0.25) is 16.0 Å². The van der Waals surface area contributed by atoms with Gasteiger partial charge in [-0.2, -0.15) is 0 Å². The van der Waals surface area contributed by atoms with Crippen LogP contribution in [-0.4, -0.2) is 4.92 Å². The number of nitrogens with two attached hydrogens (primary N) is 1.